The molecular formula is C23H43N3O. The summed E-state index contributed by atoms with van der Waals surface area (Å²) in [5.41, 5.74) is 0.947. The average Bonchev–Trinajstić information content (AvgIpc) is 2.62. The zero-order chi connectivity index (χ0) is 19.1. The van der Waals surface area contributed by atoms with E-state index in [1.54, 1.807) is 0 Å². The van der Waals surface area contributed by atoms with Crippen LogP contribution in [0.2, 0.25) is 0 Å². The molecule has 3 aliphatic heterocycles. The molecule has 1 spiro atoms. The van der Waals surface area contributed by atoms with Crippen molar-refractivity contribution in [3.63, 3.8) is 0 Å². The van der Waals surface area contributed by atoms with Gasteiger partial charge in [-0.1, -0.05) is 20.8 Å². The Morgan fingerprint density at radius 2 is 1.63 bits per heavy atom. The second-order valence-electron chi connectivity index (χ2n) is 11.3. The lowest BCUT2D eigenvalue weighted by Gasteiger charge is -2.57. The van der Waals surface area contributed by atoms with Gasteiger partial charge in [0.2, 0.25) is 0 Å². The fourth-order valence-electron chi connectivity index (χ4n) is 5.95. The number of piperidine rings is 2. The fourth-order valence-corrected chi connectivity index (χ4v) is 5.95. The molecule has 3 saturated heterocycles. The van der Waals surface area contributed by atoms with Gasteiger partial charge in [-0.2, -0.15) is 0 Å². The Morgan fingerprint density at radius 1 is 0.963 bits per heavy atom. The zero-order valence-corrected chi connectivity index (χ0v) is 18.4. The monoisotopic (exact) mass is 377 g/mol. The highest BCUT2D eigenvalue weighted by atomic mass is 16.5. The maximum atomic E-state index is 6.07. The molecule has 0 radical (unpaired) electrons. The summed E-state index contributed by atoms with van der Waals surface area (Å²) in [7, 11) is 2.27. The van der Waals surface area contributed by atoms with Crippen LogP contribution in [0.25, 0.3) is 0 Å². The third-order valence-electron chi connectivity index (χ3n) is 8.19. The van der Waals surface area contributed by atoms with Crippen LogP contribution in [0, 0.1) is 16.7 Å². The van der Waals surface area contributed by atoms with Crippen LogP contribution in [0.3, 0.4) is 0 Å². The minimum absolute atomic E-state index is 0.263. The highest BCUT2D eigenvalue weighted by molar-refractivity contribution is 5.02. The van der Waals surface area contributed by atoms with Crippen LogP contribution in [-0.4, -0.2) is 86.3 Å². The molecule has 27 heavy (non-hydrogen) atoms. The first kappa shape index (κ1) is 20.1. The lowest BCUT2D eigenvalue weighted by molar-refractivity contribution is -0.124. The van der Waals surface area contributed by atoms with Crippen molar-refractivity contribution in [2.45, 2.75) is 71.4 Å². The standard InChI is InChI=1S/C23H43N3O/c1-22(2,3)21-18-26(13-14-27-21)20-15-23(16-20)7-11-25(12-8-23)17-19-5-9-24(4)10-6-19/h19-21H,5-18H2,1-4H3/t21-/m0/s1. The van der Waals surface area contributed by atoms with E-state index >= 15 is 0 Å². The normalized spacial score (nSPS) is 32.7. The van der Waals surface area contributed by atoms with E-state index in [1.807, 2.05) is 0 Å². The summed E-state index contributed by atoms with van der Waals surface area (Å²) in [5, 5.41) is 0. The molecule has 0 bridgehead atoms. The number of hydrogen-bond donors (Lipinski definition) is 0. The molecule has 0 N–H and O–H groups in total. The van der Waals surface area contributed by atoms with Gasteiger partial charge in [-0.15, -0.1) is 0 Å². The predicted octanol–water partition coefficient (Wildman–Crippen LogP) is 3.32. The van der Waals surface area contributed by atoms with Crippen LogP contribution < -0.4 is 0 Å². The minimum Gasteiger partial charge on any atom is -0.375 e. The van der Waals surface area contributed by atoms with E-state index in [0.29, 0.717) is 11.5 Å². The van der Waals surface area contributed by atoms with E-state index in [4.69, 9.17) is 4.74 Å². The second-order valence-corrected chi connectivity index (χ2v) is 11.3. The largest absolute Gasteiger partial charge is 0.375 e. The van der Waals surface area contributed by atoms with Crippen molar-refractivity contribution in [3.8, 4) is 0 Å². The summed E-state index contributed by atoms with van der Waals surface area (Å²) >= 11 is 0. The van der Waals surface area contributed by atoms with Gasteiger partial charge in [0.25, 0.3) is 0 Å². The van der Waals surface area contributed by atoms with Crippen LogP contribution >= 0.6 is 0 Å². The van der Waals surface area contributed by atoms with Crippen LogP contribution in [0.15, 0.2) is 0 Å². The SMILES string of the molecule is CN1CCC(CN2CCC3(CC2)CC(N2CCO[C@H](C(C)(C)C)C2)C3)CC1. The Kier molecular flexibility index (Phi) is 5.91. The maximum absolute atomic E-state index is 6.07. The van der Waals surface area contributed by atoms with E-state index in [0.717, 1.165) is 31.7 Å². The maximum Gasteiger partial charge on any atom is 0.0750 e. The lowest BCUT2D eigenvalue weighted by Crippen LogP contribution is -2.59. The van der Waals surface area contributed by atoms with Crippen LogP contribution in [0.4, 0.5) is 0 Å². The molecule has 4 rings (SSSR count). The van der Waals surface area contributed by atoms with Gasteiger partial charge in [0, 0.05) is 25.7 Å². The van der Waals surface area contributed by atoms with Gasteiger partial charge in [-0.3, -0.25) is 4.90 Å². The Balaban J connectivity index is 1.20. The van der Waals surface area contributed by atoms with Gasteiger partial charge in [0.1, 0.15) is 0 Å². The van der Waals surface area contributed by atoms with E-state index < -0.39 is 0 Å². The Hall–Kier alpha value is -0.160. The van der Waals surface area contributed by atoms with Gasteiger partial charge < -0.3 is 14.5 Å². The molecule has 0 amide bonds. The molecule has 0 aromatic heterocycles. The zero-order valence-electron chi connectivity index (χ0n) is 18.4. The second kappa shape index (κ2) is 7.93. The molecule has 1 saturated carbocycles. The first-order valence-electron chi connectivity index (χ1n) is 11.6. The summed E-state index contributed by atoms with van der Waals surface area (Å²) in [4.78, 5) is 8.04. The van der Waals surface area contributed by atoms with Crippen molar-refractivity contribution < 1.29 is 4.74 Å². The van der Waals surface area contributed by atoms with Gasteiger partial charge in [0.15, 0.2) is 0 Å². The Labute approximate surface area is 167 Å². The van der Waals surface area contributed by atoms with Crippen molar-refractivity contribution in [1.29, 1.82) is 0 Å². The number of morpholine rings is 1. The minimum atomic E-state index is 0.263. The Morgan fingerprint density at radius 3 is 2.26 bits per heavy atom. The molecule has 0 unspecified atom stereocenters. The summed E-state index contributed by atoms with van der Waals surface area (Å²) in [6, 6.07) is 0.833. The fraction of sp³-hybridized carbons (Fsp3) is 1.00. The molecule has 4 heteroatoms. The third kappa shape index (κ3) is 4.71. The van der Waals surface area contributed by atoms with Crippen LogP contribution in [-0.2, 0) is 4.74 Å². The third-order valence-corrected chi connectivity index (χ3v) is 8.19. The van der Waals surface area contributed by atoms with Crippen LogP contribution in [0.1, 0.15) is 59.3 Å². The van der Waals surface area contributed by atoms with E-state index in [-0.39, 0.29) is 5.41 Å². The van der Waals surface area contributed by atoms with Gasteiger partial charge >= 0.3 is 0 Å². The molecule has 3 heterocycles. The first-order valence-corrected chi connectivity index (χ1v) is 11.6. The average molecular weight is 378 g/mol. The molecular weight excluding hydrogens is 334 g/mol. The van der Waals surface area contributed by atoms with Crippen molar-refractivity contribution in [3.05, 3.63) is 0 Å². The van der Waals surface area contributed by atoms with Crippen molar-refractivity contribution in [2.24, 2.45) is 16.7 Å². The van der Waals surface area contributed by atoms with Crippen LogP contribution in [0.5, 0.6) is 0 Å². The summed E-state index contributed by atoms with van der Waals surface area (Å²) in [6.45, 7) is 16.9. The number of hydrogen-bond acceptors (Lipinski definition) is 4. The quantitative estimate of drug-likeness (QED) is 0.751. The highest BCUT2D eigenvalue weighted by Crippen LogP contribution is 2.51. The number of rotatable bonds is 3. The molecule has 4 nitrogen and oxygen atoms in total. The molecule has 4 fully saturated rings. The number of ether oxygens (including phenoxy) is 1. The molecule has 1 aliphatic carbocycles. The van der Waals surface area contributed by atoms with Gasteiger partial charge in [-0.05, 0) is 88.5 Å². The summed E-state index contributed by atoms with van der Waals surface area (Å²) in [5.74, 6) is 0.951. The molecule has 0 aromatic rings. The Bertz CT molecular complexity index is 478. The predicted molar refractivity (Wildman–Crippen MR) is 112 cm³/mol. The number of likely N-dealkylation sites (tertiary alicyclic amines) is 2. The molecule has 4 aliphatic rings. The van der Waals surface area contributed by atoms with Gasteiger partial charge in [-0.25, -0.2) is 0 Å². The first-order chi connectivity index (χ1) is 12.8. The molecule has 0 aromatic carbocycles. The molecule has 156 valence electrons. The highest BCUT2D eigenvalue weighted by Gasteiger charge is 2.49. The summed E-state index contributed by atoms with van der Waals surface area (Å²) in [6.07, 6.45) is 9.02. The van der Waals surface area contributed by atoms with Crippen molar-refractivity contribution >= 4 is 0 Å². The lowest BCUT2D eigenvalue weighted by atomic mass is 9.59. The van der Waals surface area contributed by atoms with E-state index in [1.165, 1.54) is 71.2 Å². The number of nitrogens with zero attached hydrogens (tertiary/aromatic N) is 3. The topological polar surface area (TPSA) is 19.0 Å². The van der Waals surface area contributed by atoms with E-state index in [9.17, 15) is 0 Å². The van der Waals surface area contributed by atoms with Gasteiger partial charge in [0.05, 0.1) is 12.7 Å². The van der Waals surface area contributed by atoms with Crippen molar-refractivity contribution in [1.82, 2.24) is 14.7 Å². The smallest absolute Gasteiger partial charge is 0.0750 e. The summed E-state index contributed by atoms with van der Waals surface area (Å²) < 4.78 is 6.07. The molecule has 1 atom stereocenters. The van der Waals surface area contributed by atoms with Crippen molar-refractivity contribution in [2.75, 3.05) is 59.5 Å². The van der Waals surface area contributed by atoms with E-state index in [2.05, 4.69) is 42.5 Å².